The second-order valence-electron chi connectivity index (χ2n) is 15.3. The molecule has 58 heavy (non-hydrogen) atoms. The highest BCUT2D eigenvalue weighted by Crippen LogP contribution is 2.37. The number of halogens is 2. The molecule has 3 aromatic heterocycles. The van der Waals surface area contributed by atoms with Crippen LogP contribution < -0.4 is 9.64 Å². The number of aryl methyl sites for hydroxylation is 2. The van der Waals surface area contributed by atoms with Crippen LogP contribution in [0.15, 0.2) is 73.2 Å². The first kappa shape index (κ1) is 38.0. The Bertz CT molecular complexity index is 2630. The molecule has 1 amide bonds. The van der Waals surface area contributed by atoms with Gasteiger partial charge in [0, 0.05) is 69.9 Å². The van der Waals surface area contributed by atoms with Gasteiger partial charge in [-0.25, -0.2) is 31.8 Å². The molecule has 0 spiro atoms. The third-order valence-electron chi connectivity index (χ3n) is 11.6. The number of hydrogen-bond acceptors (Lipinski definition) is 10. The number of rotatable bonds is 7. The summed E-state index contributed by atoms with van der Waals surface area (Å²) in [5.74, 6) is -0.409. The minimum Gasteiger partial charge on any atom is -0.488 e. The van der Waals surface area contributed by atoms with E-state index < -0.39 is 27.7 Å². The number of aromatic nitrogens is 6. The Hall–Kier alpha value is -5.52. The minimum absolute atomic E-state index is 0.0359. The number of anilines is 1. The summed E-state index contributed by atoms with van der Waals surface area (Å²) in [7, 11) is -1.28. The number of sulfonamides is 1. The van der Waals surface area contributed by atoms with Gasteiger partial charge >= 0.3 is 0 Å². The molecule has 3 aliphatic heterocycles. The SMILES string of the molecule is Cn1nc2cccc3c2c1CCCN(CCCN1CCN(S(C)(=O)=O)CC1)C(=O)[C@@H]1C[C@@H](CN1c1ncnc2c1cnn2-c1ccc(F)cc1F)Oc1cccc-3c1. The summed E-state index contributed by atoms with van der Waals surface area (Å²) in [6.45, 7) is 4.21. The molecular formula is C41H44F2N10O4S. The van der Waals surface area contributed by atoms with E-state index in [9.17, 15) is 17.2 Å². The van der Waals surface area contributed by atoms with E-state index in [2.05, 4.69) is 32.1 Å². The quantitative estimate of drug-likeness (QED) is 0.228. The van der Waals surface area contributed by atoms with E-state index in [0.717, 1.165) is 40.3 Å². The summed E-state index contributed by atoms with van der Waals surface area (Å²) < 4.78 is 64.5. The first-order valence-electron chi connectivity index (χ1n) is 19.6. The molecule has 0 unspecified atom stereocenters. The zero-order valence-electron chi connectivity index (χ0n) is 32.3. The van der Waals surface area contributed by atoms with Crippen LogP contribution in [0.3, 0.4) is 0 Å². The fourth-order valence-electron chi connectivity index (χ4n) is 8.76. The van der Waals surface area contributed by atoms with Gasteiger partial charge in [0.15, 0.2) is 11.5 Å². The predicted octanol–water partition coefficient (Wildman–Crippen LogP) is 4.42. The lowest BCUT2D eigenvalue weighted by atomic mass is 9.98. The highest BCUT2D eigenvalue weighted by Gasteiger charge is 2.42. The van der Waals surface area contributed by atoms with Crippen LogP contribution in [-0.2, 0) is 28.3 Å². The van der Waals surface area contributed by atoms with Crippen LogP contribution in [0, 0.1) is 11.6 Å². The number of ether oxygens (including phenoxy) is 1. The summed E-state index contributed by atoms with van der Waals surface area (Å²) >= 11 is 0. The van der Waals surface area contributed by atoms with E-state index in [-0.39, 0.29) is 17.7 Å². The zero-order valence-corrected chi connectivity index (χ0v) is 33.2. The standard InChI is InChI=1S/C41H44F2N10O4S/c1-48-36-11-5-15-50(16-6-14-49-17-19-51(20-18-49)58(2,55)56)41(54)37-23-30(57-29-8-3-7-27(21-29)31-9-4-10-34(47-48)38(31)36)25-52(37)39-32-24-46-53(40(32)45-26-44-39)35-13-12-28(42)22-33(35)43/h3-4,7-10,12-13,21-22,24,26,30,37H,5-6,11,14-20,23,25H2,1-2H3/t30-,37-/m0/s1. The van der Waals surface area contributed by atoms with Crippen molar-refractivity contribution in [1.82, 2.24) is 43.6 Å². The van der Waals surface area contributed by atoms with Gasteiger partial charge in [-0.3, -0.25) is 9.48 Å². The third kappa shape index (κ3) is 7.26. The van der Waals surface area contributed by atoms with Crippen molar-refractivity contribution in [2.24, 2.45) is 7.05 Å². The van der Waals surface area contributed by atoms with Gasteiger partial charge in [0.2, 0.25) is 15.9 Å². The van der Waals surface area contributed by atoms with Gasteiger partial charge in [-0.15, -0.1) is 0 Å². The maximum atomic E-state index is 15.1. The van der Waals surface area contributed by atoms with E-state index in [0.29, 0.717) is 94.1 Å². The highest BCUT2D eigenvalue weighted by molar-refractivity contribution is 7.88. The van der Waals surface area contributed by atoms with E-state index in [1.165, 1.54) is 33.7 Å². The second kappa shape index (κ2) is 15.3. The molecule has 0 radical (unpaired) electrons. The van der Waals surface area contributed by atoms with Crippen molar-refractivity contribution in [3.05, 3.63) is 90.5 Å². The van der Waals surface area contributed by atoms with Gasteiger partial charge in [-0.2, -0.15) is 14.5 Å². The van der Waals surface area contributed by atoms with Crippen LogP contribution in [0.4, 0.5) is 14.6 Å². The van der Waals surface area contributed by atoms with Crippen molar-refractivity contribution in [3.8, 4) is 22.6 Å². The number of benzene rings is 3. The number of piperazine rings is 1. The van der Waals surface area contributed by atoms with Crippen LogP contribution in [0.5, 0.6) is 5.75 Å². The molecular weight excluding hydrogens is 767 g/mol. The average molecular weight is 811 g/mol. The molecule has 0 N–H and O–H groups in total. The molecule has 2 fully saturated rings. The maximum Gasteiger partial charge on any atom is 0.245 e. The molecule has 0 saturated carbocycles. The number of fused-ring (bicyclic) bond motifs is 6. The molecule has 4 bridgehead atoms. The number of carbonyl (C=O) groups excluding carboxylic acids is 1. The zero-order chi connectivity index (χ0) is 40.1. The Balaban J connectivity index is 1.06. The lowest BCUT2D eigenvalue weighted by Crippen LogP contribution is -2.49. The number of hydrogen-bond donors (Lipinski definition) is 0. The van der Waals surface area contributed by atoms with Crippen molar-refractivity contribution >= 4 is 43.7 Å². The number of carbonyl (C=O) groups is 1. The fraction of sp³-hybridized carbons (Fsp3) is 0.390. The molecule has 17 heteroatoms. The Morgan fingerprint density at radius 1 is 0.948 bits per heavy atom. The topological polar surface area (TPSA) is 135 Å². The molecule has 3 aliphatic rings. The van der Waals surface area contributed by atoms with Gasteiger partial charge in [0.05, 0.1) is 29.9 Å². The molecule has 9 rings (SSSR count). The Morgan fingerprint density at radius 2 is 1.78 bits per heavy atom. The average Bonchev–Trinajstić information content (AvgIpc) is 3.92. The van der Waals surface area contributed by atoms with Gasteiger partial charge in [-0.05, 0) is 67.3 Å². The molecule has 6 aromatic rings. The first-order valence-corrected chi connectivity index (χ1v) is 21.5. The van der Waals surface area contributed by atoms with E-state index in [1.54, 1.807) is 6.20 Å². The Kier molecular flexibility index (Phi) is 10.1. The largest absolute Gasteiger partial charge is 0.488 e. The van der Waals surface area contributed by atoms with Crippen molar-refractivity contribution < 1.29 is 26.7 Å². The molecule has 14 nitrogen and oxygen atoms in total. The van der Waals surface area contributed by atoms with Crippen molar-refractivity contribution in [2.45, 2.75) is 37.8 Å². The number of nitrogens with zero attached hydrogens (tertiary/aromatic N) is 10. The van der Waals surface area contributed by atoms with E-state index in [4.69, 9.17) is 9.84 Å². The summed E-state index contributed by atoms with van der Waals surface area (Å²) in [4.78, 5) is 30.3. The van der Waals surface area contributed by atoms with E-state index >= 15 is 4.79 Å². The van der Waals surface area contributed by atoms with Crippen molar-refractivity contribution in [2.75, 3.05) is 63.5 Å². The summed E-state index contributed by atoms with van der Waals surface area (Å²) in [6.07, 6.45) is 6.26. The van der Waals surface area contributed by atoms with Gasteiger partial charge < -0.3 is 19.4 Å². The van der Waals surface area contributed by atoms with Gasteiger partial charge in [-0.1, -0.05) is 24.3 Å². The molecule has 6 heterocycles. The lowest BCUT2D eigenvalue weighted by molar-refractivity contribution is -0.132. The van der Waals surface area contributed by atoms with Crippen molar-refractivity contribution in [1.29, 1.82) is 0 Å². The lowest BCUT2D eigenvalue weighted by Gasteiger charge is -2.34. The Labute approximate surface area is 334 Å². The Morgan fingerprint density at radius 3 is 2.59 bits per heavy atom. The van der Waals surface area contributed by atoms with Crippen LogP contribution in [-0.4, -0.2) is 129 Å². The molecule has 2 saturated heterocycles. The fourth-order valence-corrected chi connectivity index (χ4v) is 9.59. The maximum absolute atomic E-state index is 15.1. The molecule has 2 atom stereocenters. The number of amides is 1. The molecule has 3 aromatic carbocycles. The van der Waals surface area contributed by atoms with Crippen LogP contribution in [0.1, 0.15) is 25.0 Å². The molecule has 302 valence electrons. The van der Waals surface area contributed by atoms with E-state index in [1.807, 2.05) is 51.9 Å². The highest BCUT2D eigenvalue weighted by atomic mass is 32.2. The monoisotopic (exact) mass is 810 g/mol. The predicted molar refractivity (Wildman–Crippen MR) is 215 cm³/mol. The summed E-state index contributed by atoms with van der Waals surface area (Å²) in [5.41, 5.74) is 4.42. The second-order valence-corrected chi connectivity index (χ2v) is 17.3. The van der Waals surface area contributed by atoms with Gasteiger partial charge in [0.25, 0.3) is 0 Å². The summed E-state index contributed by atoms with van der Waals surface area (Å²) in [5, 5.41) is 10.9. The first-order chi connectivity index (χ1) is 28.0. The van der Waals surface area contributed by atoms with Crippen LogP contribution in [0.2, 0.25) is 0 Å². The van der Waals surface area contributed by atoms with Crippen molar-refractivity contribution in [3.63, 3.8) is 0 Å². The van der Waals surface area contributed by atoms with Crippen LogP contribution in [0.25, 0.3) is 38.8 Å². The molecule has 0 aliphatic carbocycles. The minimum atomic E-state index is -3.24. The van der Waals surface area contributed by atoms with Gasteiger partial charge in [0.1, 0.15) is 41.5 Å². The third-order valence-corrected chi connectivity index (χ3v) is 12.9. The smallest absolute Gasteiger partial charge is 0.245 e. The van der Waals surface area contributed by atoms with Crippen LogP contribution >= 0.6 is 0 Å². The summed E-state index contributed by atoms with van der Waals surface area (Å²) in [6, 6.07) is 16.8. The normalized spacial score (nSPS) is 19.8.